The first-order valence-electron chi connectivity index (χ1n) is 4.78. The zero-order chi connectivity index (χ0) is 11.8. The number of nitrogens with zero attached hydrogens (tertiary/aromatic N) is 1. The number of thioether (sulfide) groups is 1. The lowest BCUT2D eigenvalue weighted by atomic mass is 10.6. The van der Waals surface area contributed by atoms with Crippen LogP contribution in [-0.2, 0) is 9.47 Å². The molecule has 0 fully saturated rings. The molecule has 1 rings (SSSR count). The van der Waals surface area contributed by atoms with E-state index in [4.69, 9.17) is 15.2 Å². The summed E-state index contributed by atoms with van der Waals surface area (Å²) in [6, 6.07) is 1.25. The van der Waals surface area contributed by atoms with Crippen molar-refractivity contribution < 1.29 is 9.47 Å². The van der Waals surface area contributed by atoms with Crippen molar-refractivity contribution in [1.29, 1.82) is 0 Å². The molecule has 7 heteroatoms. The molecule has 1 heterocycles. The largest absolute Gasteiger partial charge is 0.383 e. The summed E-state index contributed by atoms with van der Waals surface area (Å²) in [6.07, 6.45) is 0. The highest BCUT2D eigenvalue weighted by molar-refractivity contribution is 7.99. The molecule has 0 atom stereocenters. The molecule has 0 aromatic carbocycles. The highest BCUT2D eigenvalue weighted by atomic mass is 32.2. The van der Waals surface area contributed by atoms with E-state index in [9.17, 15) is 4.79 Å². The smallest absolute Gasteiger partial charge is 0.253 e. The third kappa shape index (κ3) is 5.15. The first kappa shape index (κ1) is 13.0. The number of nitrogen functional groups attached to an aromatic ring is 1. The molecule has 0 saturated heterocycles. The molecule has 0 aliphatic rings. The summed E-state index contributed by atoms with van der Waals surface area (Å²) in [5, 5.41) is 0.514. The molecule has 1 aromatic rings. The molecule has 90 valence electrons. The topological polar surface area (TPSA) is 90.2 Å². The van der Waals surface area contributed by atoms with Crippen LogP contribution in [0.25, 0.3) is 0 Å². The van der Waals surface area contributed by atoms with E-state index in [1.54, 1.807) is 7.11 Å². The minimum Gasteiger partial charge on any atom is -0.383 e. The lowest BCUT2D eigenvalue weighted by molar-refractivity contribution is 0.0790. The van der Waals surface area contributed by atoms with Crippen LogP contribution in [0.15, 0.2) is 16.0 Å². The number of hydrogen-bond acceptors (Lipinski definition) is 6. The van der Waals surface area contributed by atoms with Crippen molar-refractivity contribution in [2.24, 2.45) is 0 Å². The zero-order valence-corrected chi connectivity index (χ0v) is 9.88. The maximum absolute atomic E-state index is 11.0. The van der Waals surface area contributed by atoms with Crippen LogP contribution in [-0.4, -0.2) is 42.7 Å². The summed E-state index contributed by atoms with van der Waals surface area (Å²) in [4.78, 5) is 17.6. The van der Waals surface area contributed by atoms with Crippen molar-refractivity contribution in [2.75, 3.05) is 38.4 Å². The van der Waals surface area contributed by atoms with Crippen molar-refractivity contribution in [3.63, 3.8) is 0 Å². The van der Waals surface area contributed by atoms with Crippen molar-refractivity contribution in [3.05, 3.63) is 16.4 Å². The van der Waals surface area contributed by atoms with Gasteiger partial charge in [0.2, 0.25) is 0 Å². The van der Waals surface area contributed by atoms with Gasteiger partial charge in [-0.25, -0.2) is 4.98 Å². The molecule has 0 aliphatic carbocycles. The lowest BCUT2D eigenvalue weighted by Crippen LogP contribution is -2.10. The summed E-state index contributed by atoms with van der Waals surface area (Å²) in [5.41, 5.74) is 5.20. The molecular weight excluding hydrogens is 230 g/mol. The predicted molar refractivity (Wildman–Crippen MR) is 62.7 cm³/mol. The number of anilines is 1. The van der Waals surface area contributed by atoms with E-state index in [2.05, 4.69) is 9.97 Å². The molecule has 0 aliphatic heterocycles. The first-order valence-corrected chi connectivity index (χ1v) is 5.77. The van der Waals surface area contributed by atoms with Crippen LogP contribution in [0.4, 0.5) is 5.82 Å². The van der Waals surface area contributed by atoms with Crippen LogP contribution in [0.1, 0.15) is 0 Å². The number of hydrogen-bond donors (Lipinski definition) is 2. The number of nitrogens with two attached hydrogens (primary N) is 1. The third-order valence-corrected chi connectivity index (χ3v) is 2.48. The number of aromatic amines is 1. The Balaban J connectivity index is 2.24. The highest BCUT2D eigenvalue weighted by Gasteiger charge is 1.99. The molecule has 0 unspecified atom stereocenters. The fraction of sp³-hybridized carbons (Fsp3) is 0.556. The normalized spacial score (nSPS) is 10.6. The van der Waals surface area contributed by atoms with Gasteiger partial charge in [-0.2, -0.15) is 0 Å². The van der Waals surface area contributed by atoms with Crippen LogP contribution in [0.3, 0.4) is 0 Å². The molecule has 0 bridgehead atoms. The number of aromatic nitrogens is 2. The van der Waals surface area contributed by atoms with Gasteiger partial charge in [-0.15, -0.1) is 0 Å². The molecule has 0 spiro atoms. The Labute approximate surface area is 97.5 Å². The van der Waals surface area contributed by atoms with E-state index in [1.807, 2.05) is 0 Å². The lowest BCUT2D eigenvalue weighted by Gasteiger charge is -2.03. The van der Waals surface area contributed by atoms with Crippen LogP contribution in [0.5, 0.6) is 0 Å². The molecule has 1 aromatic heterocycles. The van der Waals surface area contributed by atoms with Crippen molar-refractivity contribution in [2.45, 2.75) is 5.16 Å². The second-order valence-electron chi connectivity index (χ2n) is 2.93. The number of rotatable bonds is 7. The van der Waals surface area contributed by atoms with Gasteiger partial charge < -0.3 is 20.2 Å². The minimum absolute atomic E-state index is 0.228. The standard InChI is InChI=1S/C9H15N3O3S/c1-14-2-3-15-4-5-16-9-11-7(10)6-8(13)12-9/h6H,2-5H2,1H3,(H3,10,11,12,13). The Hall–Kier alpha value is -1.05. The van der Waals surface area contributed by atoms with Crippen LogP contribution >= 0.6 is 11.8 Å². The fourth-order valence-corrected chi connectivity index (χ4v) is 1.70. The van der Waals surface area contributed by atoms with E-state index in [1.165, 1.54) is 17.8 Å². The van der Waals surface area contributed by atoms with E-state index in [0.717, 1.165) is 0 Å². The SMILES string of the molecule is COCCOCCSc1nc(N)cc(=O)[nH]1. The van der Waals surface area contributed by atoms with Crippen LogP contribution in [0.2, 0.25) is 0 Å². The maximum Gasteiger partial charge on any atom is 0.253 e. The summed E-state index contributed by atoms with van der Waals surface area (Å²) >= 11 is 1.39. The second kappa shape index (κ2) is 7.26. The molecule has 3 N–H and O–H groups in total. The quantitative estimate of drug-likeness (QED) is 0.402. The Morgan fingerprint density at radius 3 is 3.00 bits per heavy atom. The van der Waals surface area contributed by atoms with Crippen molar-refractivity contribution >= 4 is 17.6 Å². The van der Waals surface area contributed by atoms with E-state index >= 15 is 0 Å². The second-order valence-corrected chi connectivity index (χ2v) is 4.01. The molecular formula is C9H15N3O3S. The Kier molecular flexibility index (Phi) is 5.91. The summed E-state index contributed by atoms with van der Waals surface area (Å²) < 4.78 is 10.1. The van der Waals surface area contributed by atoms with Gasteiger partial charge in [0.05, 0.1) is 19.8 Å². The van der Waals surface area contributed by atoms with E-state index in [0.29, 0.717) is 30.7 Å². The summed E-state index contributed by atoms with van der Waals surface area (Å²) in [5.74, 6) is 0.933. The number of H-pyrrole nitrogens is 1. The summed E-state index contributed by atoms with van der Waals surface area (Å²) in [7, 11) is 1.62. The van der Waals surface area contributed by atoms with Crippen LogP contribution in [0, 0.1) is 0 Å². The monoisotopic (exact) mass is 245 g/mol. The van der Waals surface area contributed by atoms with Gasteiger partial charge in [-0.1, -0.05) is 11.8 Å². The Morgan fingerprint density at radius 2 is 2.31 bits per heavy atom. The van der Waals surface area contributed by atoms with Gasteiger partial charge in [0.1, 0.15) is 5.82 Å². The Morgan fingerprint density at radius 1 is 1.50 bits per heavy atom. The zero-order valence-electron chi connectivity index (χ0n) is 9.06. The minimum atomic E-state index is -0.240. The first-order chi connectivity index (χ1) is 7.72. The number of methoxy groups -OCH3 is 1. The molecule has 0 radical (unpaired) electrons. The third-order valence-electron chi connectivity index (χ3n) is 1.64. The van der Waals surface area contributed by atoms with Gasteiger partial charge in [-0.05, 0) is 0 Å². The van der Waals surface area contributed by atoms with Crippen molar-refractivity contribution in [1.82, 2.24) is 9.97 Å². The van der Waals surface area contributed by atoms with E-state index < -0.39 is 0 Å². The number of ether oxygens (including phenoxy) is 2. The van der Waals surface area contributed by atoms with Gasteiger partial charge >= 0.3 is 0 Å². The Bertz CT molecular complexity index is 369. The fourth-order valence-electron chi connectivity index (χ4n) is 0.963. The molecule has 0 saturated carbocycles. The van der Waals surface area contributed by atoms with Gasteiger partial charge in [-0.3, -0.25) is 4.79 Å². The van der Waals surface area contributed by atoms with Gasteiger partial charge in [0, 0.05) is 18.9 Å². The van der Waals surface area contributed by atoms with Crippen LogP contribution < -0.4 is 11.3 Å². The predicted octanol–water partition coefficient (Wildman–Crippen LogP) is 0.107. The van der Waals surface area contributed by atoms with E-state index in [-0.39, 0.29) is 11.4 Å². The summed E-state index contributed by atoms with van der Waals surface area (Å²) in [6.45, 7) is 1.72. The average Bonchev–Trinajstić information content (AvgIpc) is 2.22. The highest BCUT2D eigenvalue weighted by Crippen LogP contribution is 2.10. The average molecular weight is 245 g/mol. The van der Waals surface area contributed by atoms with Crippen molar-refractivity contribution in [3.8, 4) is 0 Å². The van der Waals surface area contributed by atoms with Gasteiger partial charge in [0.25, 0.3) is 5.56 Å². The number of nitrogens with one attached hydrogen (secondary N) is 1. The van der Waals surface area contributed by atoms with Gasteiger partial charge in [0.15, 0.2) is 5.16 Å². The molecule has 16 heavy (non-hydrogen) atoms. The molecule has 6 nitrogen and oxygen atoms in total. The maximum atomic E-state index is 11.0. The molecule has 0 amide bonds.